The first-order chi connectivity index (χ1) is 10.1. The number of methoxy groups -OCH3 is 1. The number of carbonyl (C=O) groups is 1. The van der Waals surface area contributed by atoms with Crippen LogP contribution in [-0.4, -0.2) is 30.6 Å². The summed E-state index contributed by atoms with van der Waals surface area (Å²) in [5, 5.41) is 5.83. The number of anilines is 1. The maximum atomic E-state index is 11.8. The van der Waals surface area contributed by atoms with E-state index in [1.54, 1.807) is 18.4 Å². The summed E-state index contributed by atoms with van der Waals surface area (Å²) in [6, 6.07) is 7.64. The molecule has 0 saturated heterocycles. The lowest BCUT2D eigenvalue weighted by Gasteiger charge is -2.12. The Labute approximate surface area is 128 Å². The first kappa shape index (κ1) is 15.6. The molecule has 1 aromatic carbocycles. The van der Waals surface area contributed by atoms with Gasteiger partial charge in [0.05, 0.1) is 12.5 Å². The van der Waals surface area contributed by atoms with E-state index in [4.69, 9.17) is 10.5 Å². The number of amides is 1. The number of nitrogens with one attached hydrogen (secondary N) is 1. The van der Waals surface area contributed by atoms with Gasteiger partial charge in [-0.05, 0) is 31.2 Å². The van der Waals surface area contributed by atoms with E-state index in [0.29, 0.717) is 6.54 Å². The molecule has 0 bridgehead atoms. The number of benzene rings is 1. The highest BCUT2D eigenvalue weighted by molar-refractivity contribution is 7.13. The second kappa shape index (κ2) is 7.31. The zero-order chi connectivity index (χ0) is 15.2. The average molecular weight is 305 g/mol. The maximum Gasteiger partial charge on any atom is 0.227 e. The Morgan fingerprint density at radius 3 is 2.67 bits per heavy atom. The van der Waals surface area contributed by atoms with Gasteiger partial charge in [0.2, 0.25) is 5.91 Å². The summed E-state index contributed by atoms with van der Waals surface area (Å²) in [5.41, 5.74) is 8.31. The Hall–Kier alpha value is -1.76. The summed E-state index contributed by atoms with van der Waals surface area (Å²) in [6.07, 6.45) is 0.00280. The highest BCUT2D eigenvalue weighted by Gasteiger charge is 2.11. The zero-order valence-electron chi connectivity index (χ0n) is 12.1. The van der Waals surface area contributed by atoms with Crippen molar-refractivity contribution in [3.8, 4) is 10.6 Å². The van der Waals surface area contributed by atoms with Crippen molar-refractivity contribution in [3.05, 3.63) is 35.3 Å². The highest BCUT2D eigenvalue weighted by atomic mass is 32.1. The van der Waals surface area contributed by atoms with Crippen LogP contribution in [0.25, 0.3) is 10.6 Å². The normalized spacial score (nSPS) is 12.1. The molecule has 6 heteroatoms. The number of hydrogen-bond donors (Lipinski definition) is 2. The predicted octanol–water partition coefficient (Wildman–Crippen LogP) is 2.42. The number of aryl methyl sites for hydroxylation is 1. The van der Waals surface area contributed by atoms with E-state index in [-0.39, 0.29) is 18.4 Å². The predicted molar refractivity (Wildman–Crippen MR) is 85.4 cm³/mol. The number of carbonyl (C=O) groups excluding carboxylic acids is 1. The molecule has 5 nitrogen and oxygen atoms in total. The average Bonchev–Trinajstić information content (AvgIpc) is 2.92. The lowest BCUT2D eigenvalue weighted by molar-refractivity contribution is -0.118. The molecule has 21 heavy (non-hydrogen) atoms. The Morgan fingerprint density at radius 1 is 1.43 bits per heavy atom. The fourth-order valence-corrected chi connectivity index (χ4v) is 2.67. The molecule has 1 aromatic heterocycles. The van der Waals surface area contributed by atoms with E-state index in [0.717, 1.165) is 22.0 Å². The molecule has 0 fully saturated rings. The SMILES string of the molecule is COC(CN)CC(=O)Nc1ccc(-c2nc(C)cs2)cc1. The topological polar surface area (TPSA) is 77.2 Å². The second-order valence-corrected chi connectivity index (χ2v) is 5.58. The first-order valence-corrected chi connectivity index (χ1v) is 7.55. The van der Waals surface area contributed by atoms with Crippen molar-refractivity contribution in [2.24, 2.45) is 5.73 Å². The van der Waals surface area contributed by atoms with Crippen LogP contribution in [0, 0.1) is 6.92 Å². The van der Waals surface area contributed by atoms with E-state index in [1.165, 1.54) is 0 Å². The van der Waals surface area contributed by atoms with Crippen LogP contribution in [0.2, 0.25) is 0 Å². The Morgan fingerprint density at radius 2 is 2.14 bits per heavy atom. The van der Waals surface area contributed by atoms with Crippen LogP contribution in [0.5, 0.6) is 0 Å². The number of thiazole rings is 1. The molecule has 0 saturated carbocycles. The van der Waals surface area contributed by atoms with E-state index < -0.39 is 0 Å². The summed E-state index contributed by atoms with van der Waals surface area (Å²) in [5.74, 6) is -0.106. The largest absolute Gasteiger partial charge is 0.380 e. The van der Waals surface area contributed by atoms with Crippen LogP contribution in [-0.2, 0) is 9.53 Å². The lowest BCUT2D eigenvalue weighted by Crippen LogP contribution is -2.28. The Balaban J connectivity index is 1.98. The summed E-state index contributed by atoms with van der Waals surface area (Å²) < 4.78 is 5.09. The van der Waals surface area contributed by atoms with Crippen LogP contribution in [0.3, 0.4) is 0 Å². The van der Waals surface area contributed by atoms with Crippen molar-refractivity contribution in [3.63, 3.8) is 0 Å². The van der Waals surface area contributed by atoms with Gasteiger partial charge in [0.15, 0.2) is 0 Å². The van der Waals surface area contributed by atoms with E-state index in [2.05, 4.69) is 10.3 Å². The number of nitrogens with two attached hydrogens (primary N) is 1. The molecular formula is C15H19N3O2S. The van der Waals surface area contributed by atoms with Gasteiger partial charge in [0, 0.05) is 36.0 Å². The molecule has 1 atom stereocenters. The molecule has 3 N–H and O–H groups in total. The third kappa shape index (κ3) is 4.35. The van der Waals surface area contributed by atoms with Gasteiger partial charge in [-0.1, -0.05) is 0 Å². The van der Waals surface area contributed by atoms with Crippen molar-refractivity contribution < 1.29 is 9.53 Å². The third-order valence-corrected chi connectivity index (χ3v) is 4.05. The van der Waals surface area contributed by atoms with Crippen molar-refractivity contribution in [2.45, 2.75) is 19.4 Å². The lowest BCUT2D eigenvalue weighted by atomic mass is 10.2. The summed E-state index contributed by atoms with van der Waals surface area (Å²) >= 11 is 1.61. The minimum atomic E-state index is -0.248. The van der Waals surface area contributed by atoms with Gasteiger partial charge in [0.25, 0.3) is 0 Å². The van der Waals surface area contributed by atoms with Crippen LogP contribution < -0.4 is 11.1 Å². The third-order valence-electron chi connectivity index (χ3n) is 3.04. The fraction of sp³-hybridized carbons (Fsp3) is 0.333. The summed E-state index contributed by atoms with van der Waals surface area (Å²) in [4.78, 5) is 16.3. The maximum absolute atomic E-state index is 11.8. The monoisotopic (exact) mass is 305 g/mol. The van der Waals surface area contributed by atoms with Gasteiger partial charge in [-0.2, -0.15) is 0 Å². The van der Waals surface area contributed by atoms with Gasteiger partial charge in [0.1, 0.15) is 5.01 Å². The molecule has 1 amide bonds. The summed E-state index contributed by atoms with van der Waals surface area (Å²) in [6.45, 7) is 2.30. The molecule has 0 aliphatic heterocycles. The fourth-order valence-electron chi connectivity index (χ4n) is 1.86. The molecule has 2 aromatic rings. The standard InChI is InChI=1S/C15H19N3O2S/c1-10-9-21-15(17-10)11-3-5-12(6-4-11)18-14(19)7-13(8-16)20-2/h3-6,9,13H,7-8,16H2,1-2H3,(H,18,19). The van der Waals surface area contributed by atoms with Crippen LogP contribution in [0.4, 0.5) is 5.69 Å². The van der Waals surface area contributed by atoms with Crippen LogP contribution in [0.1, 0.15) is 12.1 Å². The van der Waals surface area contributed by atoms with E-state index >= 15 is 0 Å². The summed E-state index contributed by atoms with van der Waals surface area (Å²) in [7, 11) is 1.55. The molecule has 0 aliphatic carbocycles. The van der Waals surface area contributed by atoms with Gasteiger partial charge in [-0.3, -0.25) is 4.79 Å². The van der Waals surface area contributed by atoms with Gasteiger partial charge in [-0.25, -0.2) is 4.98 Å². The molecule has 0 aliphatic rings. The molecular weight excluding hydrogens is 286 g/mol. The first-order valence-electron chi connectivity index (χ1n) is 6.67. The van der Waals surface area contributed by atoms with Crippen molar-refractivity contribution in [2.75, 3.05) is 19.0 Å². The van der Waals surface area contributed by atoms with Crippen LogP contribution in [0.15, 0.2) is 29.6 Å². The quantitative estimate of drug-likeness (QED) is 0.859. The van der Waals surface area contributed by atoms with Gasteiger partial charge in [-0.15, -0.1) is 11.3 Å². The second-order valence-electron chi connectivity index (χ2n) is 4.72. The minimum Gasteiger partial charge on any atom is -0.380 e. The van der Waals surface area contributed by atoms with Crippen molar-refractivity contribution >= 4 is 22.9 Å². The van der Waals surface area contributed by atoms with Gasteiger partial charge < -0.3 is 15.8 Å². The number of hydrogen-bond acceptors (Lipinski definition) is 5. The molecule has 1 unspecified atom stereocenters. The molecule has 112 valence electrons. The molecule has 0 radical (unpaired) electrons. The highest BCUT2D eigenvalue weighted by Crippen LogP contribution is 2.24. The van der Waals surface area contributed by atoms with E-state index in [1.807, 2.05) is 36.6 Å². The van der Waals surface area contributed by atoms with Crippen LogP contribution >= 0.6 is 11.3 Å². The Bertz CT molecular complexity index is 591. The number of nitrogens with zero attached hydrogens (tertiary/aromatic N) is 1. The van der Waals surface area contributed by atoms with Gasteiger partial charge >= 0.3 is 0 Å². The Kier molecular flexibility index (Phi) is 5.44. The van der Waals surface area contributed by atoms with Crippen molar-refractivity contribution in [1.29, 1.82) is 0 Å². The van der Waals surface area contributed by atoms with Crippen molar-refractivity contribution in [1.82, 2.24) is 4.98 Å². The molecule has 2 rings (SSSR count). The smallest absolute Gasteiger partial charge is 0.227 e. The number of ether oxygens (including phenoxy) is 1. The molecule has 0 spiro atoms. The number of rotatable bonds is 6. The van der Waals surface area contributed by atoms with E-state index in [9.17, 15) is 4.79 Å². The number of aromatic nitrogens is 1. The zero-order valence-corrected chi connectivity index (χ0v) is 12.9. The minimum absolute atomic E-state index is 0.106. The molecule has 1 heterocycles.